The van der Waals surface area contributed by atoms with E-state index in [1.54, 1.807) is 4.90 Å². The topological polar surface area (TPSA) is 112 Å². The maximum Gasteiger partial charge on any atom is 0.404 e. The number of nitro groups is 1. The van der Waals surface area contributed by atoms with Crippen molar-refractivity contribution < 1.29 is 14.5 Å². The van der Waals surface area contributed by atoms with E-state index in [-0.39, 0.29) is 16.9 Å². The molecule has 2 N–H and O–H groups in total. The van der Waals surface area contributed by atoms with Crippen molar-refractivity contribution >= 4 is 29.1 Å². The summed E-state index contributed by atoms with van der Waals surface area (Å²) in [4.78, 5) is 26.8. The Hall–Kier alpha value is -2.09. The van der Waals surface area contributed by atoms with Crippen LogP contribution in [0.3, 0.4) is 0 Å². The number of ether oxygens (including phenoxy) is 1. The average Bonchev–Trinajstić information content (AvgIpc) is 2.37. The zero-order valence-corrected chi connectivity index (χ0v) is 11.2. The van der Waals surface area contributed by atoms with Gasteiger partial charge in [-0.3, -0.25) is 10.1 Å². The summed E-state index contributed by atoms with van der Waals surface area (Å²) in [5.41, 5.74) is 5.12. The van der Waals surface area contributed by atoms with E-state index in [2.05, 4.69) is 4.98 Å². The number of primary amides is 1. The van der Waals surface area contributed by atoms with Gasteiger partial charge in [-0.2, -0.15) is 0 Å². The number of rotatable bonds is 3. The molecule has 0 spiro atoms. The highest BCUT2D eigenvalue weighted by Gasteiger charge is 2.29. The van der Waals surface area contributed by atoms with E-state index in [0.29, 0.717) is 25.2 Å². The molecule has 1 aliphatic heterocycles. The Labute approximate surface area is 119 Å². The van der Waals surface area contributed by atoms with E-state index in [9.17, 15) is 14.9 Å². The van der Waals surface area contributed by atoms with Crippen molar-refractivity contribution in [3.8, 4) is 0 Å². The number of pyridine rings is 1. The lowest BCUT2D eigenvalue weighted by Crippen LogP contribution is -2.41. The molecule has 1 fully saturated rings. The van der Waals surface area contributed by atoms with Gasteiger partial charge in [0.2, 0.25) is 5.15 Å². The van der Waals surface area contributed by atoms with Gasteiger partial charge in [0.05, 0.1) is 11.5 Å². The van der Waals surface area contributed by atoms with Gasteiger partial charge >= 0.3 is 11.8 Å². The average molecular weight is 301 g/mol. The van der Waals surface area contributed by atoms with Crippen LogP contribution in [-0.2, 0) is 4.74 Å². The van der Waals surface area contributed by atoms with Crippen LogP contribution >= 0.6 is 11.6 Å². The second-order valence-electron chi connectivity index (χ2n) is 4.37. The van der Waals surface area contributed by atoms with Crippen molar-refractivity contribution in [3.05, 3.63) is 27.5 Å². The van der Waals surface area contributed by atoms with Gasteiger partial charge in [0.1, 0.15) is 11.8 Å². The summed E-state index contributed by atoms with van der Waals surface area (Å²) in [6.45, 7) is 0.948. The van der Waals surface area contributed by atoms with Crippen LogP contribution in [0.5, 0.6) is 0 Å². The molecule has 0 bridgehead atoms. The highest BCUT2D eigenvalue weighted by Crippen LogP contribution is 2.34. The van der Waals surface area contributed by atoms with Gasteiger partial charge in [-0.25, -0.2) is 9.78 Å². The number of amides is 1. The predicted molar refractivity (Wildman–Crippen MR) is 71.8 cm³/mol. The Morgan fingerprint density at radius 2 is 2.40 bits per heavy atom. The lowest BCUT2D eigenvalue weighted by molar-refractivity contribution is -0.384. The third-order valence-electron chi connectivity index (χ3n) is 3.04. The van der Waals surface area contributed by atoms with Crippen LogP contribution in [0.2, 0.25) is 5.15 Å². The number of carbonyl (C=O) groups excluding carboxylic acids is 1. The predicted octanol–water partition coefficient (Wildman–Crippen LogP) is 1.71. The molecule has 0 unspecified atom stereocenters. The Bertz CT molecular complexity index is 539. The van der Waals surface area contributed by atoms with Crippen molar-refractivity contribution in [1.82, 2.24) is 4.98 Å². The Morgan fingerprint density at radius 3 is 3.05 bits per heavy atom. The number of carbonyl (C=O) groups is 1. The molecule has 20 heavy (non-hydrogen) atoms. The minimum atomic E-state index is -0.848. The molecule has 1 aromatic rings. The summed E-state index contributed by atoms with van der Waals surface area (Å²) >= 11 is 5.78. The number of halogens is 1. The molecule has 108 valence electrons. The summed E-state index contributed by atoms with van der Waals surface area (Å²) in [5.74, 6) is 0. The van der Waals surface area contributed by atoms with Gasteiger partial charge in [0, 0.05) is 12.7 Å². The standard InChI is InChI=1S/C11H13ClN4O4/c12-10-9(16(18)19)8(3-4-14-10)15-5-1-2-7(6-15)20-11(13)17/h3-4,7H,1-2,5-6H2,(H2,13,17)/t7-/m1/s1. The summed E-state index contributed by atoms with van der Waals surface area (Å²) in [6, 6.07) is 1.52. The fourth-order valence-corrected chi connectivity index (χ4v) is 2.48. The van der Waals surface area contributed by atoms with Gasteiger partial charge in [-0.05, 0) is 18.9 Å². The smallest absolute Gasteiger partial charge is 0.404 e. The van der Waals surface area contributed by atoms with Gasteiger partial charge in [0.15, 0.2) is 0 Å². The number of piperidine rings is 1. The zero-order chi connectivity index (χ0) is 14.7. The van der Waals surface area contributed by atoms with Crippen molar-refractivity contribution in [2.24, 2.45) is 5.73 Å². The molecule has 1 saturated heterocycles. The number of hydrogen-bond donors (Lipinski definition) is 1. The molecule has 9 heteroatoms. The molecule has 0 aliphatic carbocycles. The molecule has 2 heterocycles. The molecular weight excluding hydrogens is 288 g/mol. The number of nitrogens with two attached hydrogens (primary N) is 1. The van der Waals surface area contributed by atoms with Crippen molar-refractivity contribution in [3.63, 3.8) is 0 Å². The normalized spacial score (nSPS) is 18.6. The first-order valence-corrected chi connectivity index (χ1v) is 6.36. The lowest BCUT2D eigenvalue weighted by atomic mass is 10.1. The maximum absolute atomic E-state index is 11.1. The Morgan fingerprint density at radius 1 is 1.65 bits per heavy atom. The summed E-state index contributed by atoms with van der Waals surface area (Å²) in [7, 11) is 0. The van der Waals surface area contributed by atoms with Gasteiger partial charge < -0.3 is 15.4 Å². The zero-order valence-electron chi connectivity index (χ0n) is 10.5. The molecule has 8 nitrogen and oxygen atoms in total. The van der Waals surface area contributed by atoms with Gasteiger partial charge in [-0.1, -0.05) is 11.6 Å². The number of hydrogen-bond acceptors (Lipinski definition) is 6. The van der Waals surface area contributed by atoms with Crippen LogP contribution in [0.15, 0.2) is 12.3 Å². The fourth-order valence-electron chi connectivity index (χ4n) is 2.26. The molecule has 1 aromatic heterocycles. The van der Waals surface area contributed by atoms with Crippen molar-refractivity contribution in [2.75, 3.05) is 18.0 Å². The first kappa shape index (κ1) is 14.3. The van der Waals surface area contributed by atoms with E-state index < -0.39 is 11.0 Å². The lowest BCUT2D eigenvalue weighted by Gasteiger charge is -2.33. The fraction of sp³-hybridized carbons (Fsp3) is 0.455. The third-order valence-corrected chi connectivity index (χ3v) is 3.32. The summed E-state index contributed by atoms with van der Waals surface area (Å²) in [6.07, 6.45) is 1.58. The Kier molecular flexibility index (Phi) is 4.23. The van der Waals surface area contributed by atoms with Crippen molar-refractivity contribution in [1.29, 1.82) is 0 Å². The van der Waals surface area contributed by atoms with E-state index in [0.717, 1.165) is 6.42 Å². The second-order valence-corrected chi connectivity index (χ2v) is 4.73. The van der Waals surface area contributed by atoms with Crippen LogP contribution in [0.1, 0.15) is 12.8 Å². The quantitative estimate of drug-likeness (QED) is 0.516. The van der Waals surface area contributed by atoms with Crippen LogP contribution in [0, 0.1) is 10.1 Å². The van der Waals surface area contributed by atoms with E-state index >= 15 is 0 Å². The SMILES string of the molecule is NC(=O)O[C@@H]1CCCN(c2ccnc(Cl)c2[N+](=O)[O-])C1. The molecule has 0 saturated carbocycles. The van der Waals surface area contributed by atoms with Crippen LogP contribution in [-0.4, -0.2) is 35.2 Å². The van der Waals surface area contributed by atoms with E-state index in [1.165, 1.54) is 12.3 Å². The molecule has 1 amide bonds. The van der Waals surface area contributed by atoms with E-state index in [1.807, 2.05) is 0 Å². The monoisotopic (exact) mass is 300 g/mol. The molecule has 1 aliphatic rings. The largest absolute Gasteiger partial charge is 0.445 e. The van der Waals surface area contributed by atoms with Crippen LogP contribution in [0.25, 0.3) is 0 Å². The van der Waals surface area contributed by atoms with E-state index in [4.69, 9.17) is 22.1 Å². The number of nitrogens with zero attached hydrogens (tertiary/aromatic N) is 3. The molecule has 0 aromatic carbocycles. The minimum Gasteiger partial charge on any atom is -0.445 e. The summed E-state index contributed by atoms with van der Waals surface area (Å²) in [5, 5.41) is 10.9. The second kappa shape index (κ2) is 5.91. The summed E-state index contributed by atoms with van der Waals surface area (Å²) < 4.78 is 4.95. The van der Waals surface area contributed by atoms with Crippen molar-refractivity contribution in [2.45, 2.75) is 18.9 Å². The van der Waals surface area contributed by atoms with Crippen LogP contribution < -0.4 is 10.6 Å². The third kappa shape index (κ3) is 3.08. The minimum absolute atomic E-state index is 0.162. The van der Waals surface area contributed by atoms with Gasteiger partial charge in [0.25, 0.3) is 0 Å². The highest BCUT2D eigenvalue weighted by atomic mass is 35.5. The number of aromatic nitrogens is 1. The number of anilines is 1. The molecular formula is C11H13ClN4O4. The maximum atomic E-state index is 11.1. The molecule has 1 atom stereocenters. The highest BCUT2D eigenvalue weighted by molar-refractivity contribution is 6.32. The van der Waals surface area contributed by atoms with Gasteiger partial charge in [-0.15, -0.1) is 0 Å². The first-order valence-electron chi connectivity index (χ1n) is 5.99. The molecule has 0 radical (unpaired) electrons. The van der Waals surface area contributed by atoms with Crippen LogP contribution in [0.4, 0.5) is 16.2 Å². The first-order chi connectivity index (χ1) is 9.49. The molecule has 2 rings (SSSR count). The Balaban J connectivity index is 2.25.